The Bertz CT molecular complexity index is 828. The third-order valence-corrected chi connectivity index (χ3v) is 2.90. The Morgan fingerprint density at radius 3 is 2.91 bits per heavy atom. The van der Waals surface area contributed by atoms with Gasteiger partial charge in [-0.05, 0) is 13.0 Å². The first-order valence-corrected chi connectivity index (χ1v) is 6.21. The molecule has 0 aliphatic rings. The first-order valence-electron chi connectivity index (χ1n) is 6.21. The normalized spacial score (nSPS) is 11.3. The molecule has 3 aromatic heterocycles. The number of imidazole rings is 1. The van der Waals surface area contributed by atoms with Crippen LogP contribution in [-0.2, 0) is 11.3 Å². The van der Waals surface area contributed by atoms with Crippen LogP contribution in [0.1, 0.15) is 28.7 Å². The number of hydrogen-bond acceptors (Lipinski definition) is 6. The number of alkyl halides is 2. The van der Waals surface area contributed by atoms with Crippen LogP contribution < -0.4 is 0 Å². The molecule has 0 saturated heterocycles. The first-order chi connectivity index (χ1) is 10.6. The predicted molar refractivity (Wildman–Crippen MR) is 68.1 cm³/mol. The van der Waals surface area contributed by atoms with Gasteiger partial charge in [0.05, 0.1) is 0 Å². The minimum atomic E-state index is -2.75. The number of aryl methyl sites for hydroxylation is 1. The van der Waals surface area contributed by atoms with Crippen molar-refractivity contribution in [1.82, 2.24) is 29.1 Å². The molecule has 114 valence electrons. The number of halogens is 2. The maximum atomic E-state index is 12.6. The number of carbonyl (C=O) groups excluding carboxylic acids is 1. The van der Waals surface area contributed by atoms with Gasteiger partial charge in [0.25, 0.3) is 11.6 Å². The fourth-order valence-electron chi connectivity index (χ4n) is 1.82. The zero-order valence-corrected chi connectivity index (χ0v) is 11.3. The van der Waals surface area contributed by atoms with Gasteiger partial charge in [0, 0.05) is 24.3 Å². The summed E-state index contributed by atoms with van der Waals surface area (Å²) in [6.45, 7) is -1.38. The van der Waals surface area contributed by atoms with Crippen LogP contribution in [0.4, 0.5) is 8.78 Å². The van der Waals surface area contributed by atoms with E-state index in [0.29, 0.717) is 4.57 Å². The molecule has 0 saturated carbocycles. The lowest BCUT2D eigenvalue weighted by atomic mass is 10.5. The average molecular weight is 308 g/mol. The summed E-state index contributed by atoms with van der Waals surface area (Å²) in [5.41, 5.74) is 0.741. The summed E-state index contributed by atoms with van der Waals surface area (Å²) in [7, 11) is 0. The van der Waals surface area contributed by atoms with Crippen LogP contribution in [0.3, 0.4) is 0 Å². The zero-order chi connectivity index (χ0) is 15.7. The summed E-state index contributed by atoms with van der Waals surface area (Å²) >= 11 is 0. The zero-order valence-electron chi connectivity index (χ0n) is 11.3. The van der Waals surface area contributed by atoms with Gasteiger partial charge in [-0.2, -0.15) is 13.8 Å². The molecular formula is C12H10F2N6O2. The van der Waals surface area contributed by atoms with Crippen molar-refractivity contribution in [2.75, 3.05) is 0 Å². The molecule has 0 unspecified atom stereocenters. The third-order valence-electron chi connectivity index (χ3n) is 2.90. The van der Waals surface area contributed by atoms with Gasteiger partial charge in [-0.3, -0.25) is 4.57 Å². The monoisotopic (exact) mass is 308 g/mol. The van der Waals surface area contributed by atoms with Gasteiger partial charge in [-0.25, -0.2) is 19.3 Å². The number of rotatable bonds is 4. The molecule has 0 radical (unpaired) electrons. The van der Waals surface area contributed by atoms with Crippen molar-refractivity contribution in [1.29, 1.82) is 0 Å². The molecule has 22 heavy (non-hydrogen) atoms. The summed E-state index contributed by atoms with van der Waals surface area (Å²) in [4.78, 5) is 23.5. The Kier molecular flexibility index (Phi) is 3.49. The van der Waals surface area contributed by atoms with Crippen LogP contribution in [0.15, 0.2) is 24.7 Å². The molecule has 0 amide bonds. The van der Waals surface area contributed by atoms with E-state index < -0.39 is 19.1 Å². The second-order valence-corrected chi connectivity index (χ2v) is 4.34. The van der Waals surface area contributed by atoms with Crippen LogP contribution in [0.5, 0.6) is 0 Å². The minimum absolute atomic E-state index is 0.0681. The molecule has 0 atom stereocenters. The number of carbonyl (C=O) groups is 1. The molecular weight excluding hydrogens is 298 g/mol. The highest BCUT2D eigenvalue weighted by Crippen LogP contribution is 2.13. The van der Waals surface area contributed by atoms with E-state index in [1.165, 1.54) is 16.9 Å². The van der Waals surface area contributed by atoms with Gasteiger partial charge in [-0.1, -0.05) is 0 Å². The Morgan fingerprint density at radius 1 is 1.36 bits per heavy atom. The van der Waals surface area contributed by atoms with E-state index in [1.54, 1.807) is 13.0 Å². The lowest BCUT2D eigenvalue weighted by Crippen LogP contribution is -2.11. The molecule has 0 aromatic carbocycles. The maximum absolute atomic E-state index is 12.6. The second-order valence-electron chi connectivity index (χ2n) is 4.34. The van der Waals surface area contributed by atoms with Crippen LogP contribution in [0.25, 0.3) is 5.78 Å². The highest BCUT2D eigenvalue weighted by atomic mass is 19.3. The van der Waals surface area contributed by atoms with Crippen molar-refractivity contribution >= 4 is 11.7 Å². The molecule has 3 aromatic rings. The van der Waals surface area contributed by atoms with Crippen molar-refractivity contribution in [3.8, 4) is 0 Å². The van der Waals surface area contributed by atoms with Crippen molar-refractivity contribution in [2.24, 2.45) is 0 Å². The molecule has 0 aliphatic heterocycles. The van der Waals surface area contributed by atoms with E-state index in [2.05, 4.69) is 20.1 Å². The Balaban J connectivity index is 1.76. The third kappa shape index (κ3) is 2.50. The van der Waals surface area contributed by atoms with Gasteiger partial charge in [-0.15, -0.1) is 5.10 Å². The standard InChI is InChI=1S/C12H10F2N6O2/c1-7-2-3-16-12-17-9(18-20(7)12)10(21)22-6-8-15-4-5-19(8)11(13)14/h2-5,11H,6H2,1H3. The second kappa shape index (κ2) is 5.47. The largest absolute Gasteiger partial charge is 0.452 e. The van der Waals surface area contributed by atoms with Gasteiger partial charge in [0.1, 0.15) is 6.61 Å². The van der Waals surface area contributed by atoms with Crippen molar-refractivity contribution in [2.45, 2.75) is 20.1 Å². The quantitative estimate of drug-likeness (QED) is 0.677. The number of hydrogen-bond donors (Lipinski definition) is 0. The van der Waals surface area contributed by atoms with E-state index >= 15 is 0 Å². The van der Waals surface area contributed by atoms with E-state index in [9.17, 15) is 13.6 Å². The topological polar surface area (TPSA) is 87.2 Å². The van der Waals surface area contributed by atoms with Crippen molar-refractivity contribution < 1.29 is 18.3 Å². The number of esters is 1. The number of ether oxygens (including phenoxy) is 1. The first kappa shape index (κ1) is 14.0. The Labute approximate surface area is 122 Å². The van der Waals surface area contributed by atoms with E-state index in [4.69, 9.17) is 4.74 Å². The van der Waals surface area contributed by atoms with Crippen molar-refractivity contribution in [3.63, 3.8) is 0 Å². The van der Waals surface area contributed by atoms with Crippen LogP contribution in [0, 0.1) is 6.92 Å². The van der Waals surface area contributed by atoms with E-state index in [0.717, 1.165) is 11.9 Å². The number of nitrogens with zero attached hydrogens (tertiary/aromatic N) is 6. The van der Waals surface area contributed by atoms with Gasteiger partial charge in [0.15, 0.2) is 5.82 Å². The van der Waals surface area contributed by atoms with Gasteiger partial charge in [0.2, 0.25) is 0 Å². The Morgan fingerprint density at radius 2 is 2.18 bits per heavy atom. The molecule has 0 spiro atoms. The lowest BCUT2D eigenvalue weighted by molar-refractivity contribution is 0.0365. The number of aromatic nitrogens is 6. The van der Waals surface area contributed by atoms with Crippen LogP contribution >= 0.6 is 0 Å². The molecule has 0 aliphatic carbocycles. The molecule has 3 rings (SSSR count). The van der Waals surface area contributed by atoms with Crippen LogP contribution in [0.2, 0.25) is 0 Å². The summed E-state index contributed by atoms with van der Waals surface area (Å²) in [6.07, 6.45) is 3.84. The maximum Gasteiger partial charge on any atom is 0.378 e. The van der Waals surface area contributed by atoms with E-state index in [1.807, 2.05) is 0 Å². The Hall–Kier alpha value is -2.91. The summed E-state index contributed by atoms with van der Waals surface area (Å²) in [5.74, 6) is -0.854. The lowest BCUT2D eigenvalue weighted by Gasteiger charge is -2.05. The highest BCUT2D eigenvalue weighted by molar-refractivity contribution is 5.85. The fourth-order valence-corrected chi connectivity index (χ4v) is 1.82. The molecule has 0 fully saturated rings. The van der Waals surface area contributed by atoms with Gasteiger partial charge >= 0.3 is 12.5 Å². The highest BCUT2D eigenvalue weighted by Gasteiger charge is 2.18. The smallest absolute Gasteiger partial charge is 0.378 e. The molecule has 0 bridgehead atoms. The minimum Gasteiger partial charge on any atom is -0.452 e. The van der Waals surface area contributed by atoms with E-state index in [-0.39, 0.29) is 17.4 Å². The van der Waals surface area contributed by atoms with Crippen molar-refractivity contribution in [3.05, 3.63) is 42.0 Å². The average Bonchev–Trinajstić information content (AvgIpc) is 3.12. The predicted octanol–water partition coefficient (Wildman–Crippen LogP) is 1.38. The SMILES string of the molecule is Cc1ccnc2nc(C(=O)OCc3nccn3C(F)F)nn12. The molecule has 3 heterocycles. The molecule has 10 heteroatoms. The summed E-state index contributed by atoms with van der Waals surface area (Å²) in [5, 5.41) is 3.96. The summed E-state index contributed by atoms with van der Waals surface area (Å²) < 4.78 is 32.2. The van der Waals surface area contributed by atoms with Gasteiger partial charge < -0.3 is 4.74 Å². The summed E-state index contributed by atoms with van der Waals surface area (Å²) in [6, 6.07) is 1.70. The number of fused-ring (bicyclic) bond motifs is 1. The molecule has 8 nitrogen and oxygen atoms in total. The van der Waals surface area contributed by atoms with Crippen LogP contribution in [-0.4, -0.2) is 35.1 Å². The fraction of sp³-hybridized carbons (Fsp3) is 0.250. The molecule has 0 N–H and O–H groups in total.